The Hall–Kier alpha value is -2.57. The van der Waals surface area contributed by atoms with E-state index in [1.807, 2.05) is 24.3 Å². The first kappa shape index (κ1) is 17.3. The third-order valence-corrected chi connectivity index (χ3v) is 4.37. The number of rotatable bonds is 6. The first-order valence-electron chi connectivity index (χ1n) is 8.76. The molecule has 0 atom stereocenters. The number of para-hydroxylation sites is 1. The molecule has 134 valence electrons. The molecular weight excluding hydrogens is 320 g/mol. The number of amides is 2. The van der Waals surface area contributed by atoms with Crippen LogP contribution < -0.4 is 15.4 Å². The van der Waals surface area contributed by atoms with E-state index in [1.54, 1.807) is 7.11 Å². The highest BCUT2D eigenvalue weighted by atomic mass is 16.5. The van der Waals surface area contributed by atoms with Crippen molar-refractivity contribution in [2.24, 2.45) is 0 Å². The van der Waals surface area contributed by atoms with Crippen molar-refractivity contribution in [3.05, 3.63) is 30.2 Å². The van der Waals surface area contributed by atoms with Gasteiger partial charge in [0.05, 0.1) is 12.7 Å². The predicted octanol–water partition coefficient (Wildman–Crippen LogP) is 2.92. The molecule has 1 fully saturated rings. The first-order valence-corrected chi connectivity index (χ1v) is 8.76. The van der Waals surface area contributed by atoms with Crippen LogP contribution in [-0.2, 0) is 6.42 Å². The van der Waals surface area contributed by atoms with Gasteiger partial charge in [-0.3, -0.25) is 0 Å². The van der Waals surface area contributed by atoms with Crippen LogP contribution in [0.1, 0.15) is 38.0 Å². The molecule has 3 rings (SSSR count). The molecule has 0 unspecified atom stereocenters. The van der Waals surface area contributed by atoms with Gasteiger partial charge in [0.1, 0.15) is 5.75 Å². The molecular formula is C18H24N4O3. The molecule has 0 bridgehead atoms. The van der Waals surface area contributed by atoms with Gasteiger partial charge in [-0.05, 0) is 25.0 Å². The van der Waals surface area contributed by atoms with Crippen molar-refractivity contribution in [1.29, 1.82) is 0 Å². The van der Waals surface area contributed by atoms with Crippen molar-refractivity contribution < 1.29 is 13.9 Å². The van der Waals surface area contributed by atoms with E-state index in [4.69, 9.17) is 9.15 Å². The van der Waals surface area contributed by atoms with Gasteiger partial charge in [-0.25, -0.2) is 4.79 Å². The molecule has 1 heterocycles. The standard InChI is InChI=1S/C18H24N4O3/c1-24-15-10-6-5-9-14(15)17-22-21-16(25-17)11-12-19-18(23)20-13-7-3-2-4-8-13/h5-6,9-10,13H,2-4,7-8,11-12H2,1H3,(H2,19,20,23). The summed E-state index contributed by atoms with van der Waals surface area (Å²) in [6.07, 6.45) is 6.28. The molecule has 1 aromatic carbocycles. The average Bonchev–Trinajstić information content (AvgIpc) is 3.11. The van der Waals surface area contributed by atoms with E-state index in [-0.39, 0.29) is 6.03 Å². The Balaban J connectivity index is 1.48. The molecule has 0 radical (unpaired) electrons. The minimum atomic E-state index is -0.128. The molecule has 1 aliphatic carbocycles. The van der Waals surface area contributed by atoms with Crippen molar-refractivity contribution in [2.45, 2.75) is 44.6 Å². The van der Waals surface area contributed by atoms with Crippen molar-refractivity contribution >= 4 is 6.03 Å². The van der Waals surface area contributed by atoms with Gasteiger partial charge in [-0.15, -0.1) is 10.2 Å². The van der Waals surface area contributed by atoms with Gasteiger partial charge in [0.25, 0.3) is 5.89 Å². The average molecular weight is 344 g/mol. The molecule has 2 aromatic rings. The van der Waals surface area contributed by atoms with E-state index in [2.05, 4.69) is 20.8 Å². The second kappa shape index (κ2) is 8.50. The fourth-order valence-corrected chi connectivity index (χ4v) is 3.05. The molecule has 2 amide bonds. The number of nitrogens with one attached hydrogen (secondary N) is 2. The summed E-state index contributed by atoms with van der Waals surface area (Å²) in [6, 6.07) is 7.65. The van der Waals surface area contributed by atoms with Crippen LogP contribution in [0.2, 0.25) is 0 Å². The topological polar surface area (TPSA) is 89.3 Å². The highest BCUT2D eigenvalue weighted by Crippen LogP contribution is 2.28. The number of methoxy groups -OCH3 is 1. The lowest BCUT2D eigenvalue weighted by molar-refractivity contribution is 0.232. The Morgan fingerprint density at radius 1 is 1.24 bits per heavy atom. The van der Waals surface area contributed by atoms with E-state index >= 15 is 0 Å². The number of aromatic nitrogens is 2. The smallest absolute Gasteiger partial charge is 0.315 e. The summed E-state index contributed by atoms with van der Waals surface area (Å²) in [5, 5.41) is 14.0. The molecule has 1 aromatic heterocycles. The zero-order valence-electron chi connectivity index (χ0n) is 14.5. The Labute approximate surface area is 147 Å². The molecule has 0 saturated heterocycles. The maximum Gasteiger partial charge on any atom is 0.315 e. The van der Waals surface area contributed by atoms with Gasteiger partial charge >= 0.3 is 6.03 Å². The first-order chi connectivity index (χ1) is 12.3. The van der Waals surface area contributed by atoms with Crippen LogP contribution in [0.15, 0.2) is 28.7 Å². The summed E-state index contributed by atoms with van der Waals surface area (Å²) < 4.78 is 11.0. The molecule has 1 aliphatic rings. The molecule has 7 nitrogen and oxygen atoms in total. The number of hydrogen-bond donors (Lipinski definition) is 2. The number of hydrogen-bond acceptors (Lipinski definition) is 5. The van der Waals surface area contributed by atoms with Gasteiger partial charge in [0.15, 0.2) is 0 Å². The molecule has 0 spiro atoms. The Morgan fingerprint density at radius 2 is 2.04 bits per heavy atom. The second-order valence-electron chi connectivity index (χ2n) is 6.19. The number of ether oxygens (including phenoxy) is 1. The second-order valence-corrected chi connectivity index (χ2v) is 6.19. The van der Waals surface area contributed by atoms with Crippen LogP contribution in [0.5, 0.6) is 5.75 Å². The lowest BCUT2D eigenvalue weighted by Crippen LogP contribution is -2.43. The predicted molar refractivity (Wildman–Crippen MR) is 93.4 cm³/mol. The fraction of sp³-hybridized carbons (Fsp3) is 0.500. The summed E-state index contributed by atoms with van der Waals surface area (Å²) in [6.45, 7) is 0.451. The Morgan fingerprint density at radius 3 is 2.84 bits per heavy atom. The van der Waals surface area contributed by atoms with E-state index in [0.29, 0.717) is 36.5 Å². The van der Waals surface area contributed by atoms with Crippen LogP contribution in [0.25, 0.3) is 11.5 Å². The van der Waals surface area contributed by atoms with Crippen LogP contribution in [0.3, 0.4) is 0 Å². The van der Waals surface area contributed by atoms with E-state index in [0.717, 1.165) is 18.4 Å². The number of carbonyl (C=O) groups is 1. The normalized spacial score (nSPS) is 14.9. The number of urea groups is 1. The quantitative estimate of drug-likeness (QED) is 0.841. The number of nitrogens with zero attached hydrogens (tertiary/aromatic N) is 2. The van der Waals surface area contributed by atoms with E-state index < -0.39 is 0 Å². The summed E-state index contributed by atoms with van der Waals surface area (Å²) in [5.41, 5.74) is 0.756. The third-order valence-electron chi connectivity index (χ3n) is 4.37. The van der Waals surface area contributed by atoms with Crippen molar-refractivity contribution in [2.75, 3.05) is 13.7 Å². The fourth-order valence-electron chi connectivity index (χ4n) is 3.05. The minimum Gasteiger partial charge on any atom is -0.496 e. The SMILES string of the molecule is COc1ccccc1-c1nnc(CCNC(=O)NC2CCCCC2)o1. The maximum atomic E-state index is 11.9. The summed E-state index contributed by atoms with van der Waals surface area (Å²) >= 11 is 0. The summed E-state index contributed by atoms with van der Waals surface area (Å²) in [7, 11) is 1.60. The van der Waals surface area contributed by atoms with Crippen LogP contribution in [0.4, 0.5) is 4.79 Å². The lowest BCUT2D eigenvalue weighted by Gasteiger charge is -2.22. The van der Waals surface area contributed by atoms with Gasteiger partial charge in [-0.2, -0.15) is 0 Å². The van der Waals surface area contributed by atoms with Crippen molar-refractivity contribution in [3.63, 3.8) is 0 Å². The van der Waals surface area contributed by atoms with Gasteiger partial charge in [-0.1, -0.05) is 31.4 Å². The number of benzene rings is 1. The van der Waals surface area contributed by atoms with E-state index in [1.165, 1.54) is 19.3 Å². The molecule has 0 aliphatic heterocycles. The molecule has 7 heteroatoms. The molecule has 1 saturated carbocycles. The lowest BCUT2D eigenvalue weighted by atomic mass is 9.96. The van der Waals surface area contributed by atoms with Gasteiger partial charge in [0.2, 0.25) is 5.89 Å². The van der Waals surface area contributed by atoms with Crippen molar-refractivity contribution in [3.8, 4) is 17.2 Å². The molecule has 25 heavy (non-hydrogen) atoms. The zero-order chi connectivity index (χ0) is 17.5. The van der Waals surface area contributed by atoms with Crippen LogP contribution >= 0.6 is 0 Å². The highest BCUT2D eigenvalue weighted by Gasteiger charge is 2.16. The minimum absolute atomic E-state index is 0.128. The summed E-state index contributed by atoms with van der Waals surface area (Å²) in [5.74, 6) is 1.58. The van der Waals surface area contributed by atoms with Gasteiger partial charge in [0, 0.05) is 19.0 Å². The maximum absolute atomic E-state index is 11.9. The zero-order valence-corrected chi connectivity index (χ0v) is 14.5. The van der Waals surface area contributed by atoms with Gasteiger partial charge < -0.3 is 19.8 Å². The number of carbonyl (C=O) groups excluding carboxylic acids is 1. The summed E-state index contributed by atoms with van der Waals surface area (Å²) in [4.78, 5) is 11.9. The highest BCUT2D eigenvalue weighted by molar-refractivity contribution is 5.74. The Kier molecular flexibility index (Phi) is 5.87. The Bertz CT molecular complexity index is 695. The monoisotopic (exact) mass is 344 g/mol. The van der Waals surface area contributed by atoms with Crippen LogP contribution in [0, 0.1) is 0 Å². The van der Waals surface area contributed by atoms with E-state index in [9.17, 15) is 4.79 Å². The molecule has 2 N–H and O–H groups in total. The van der Waals surface area contributed by atoms with Crippen molar-refractivity contribution in [1.82, 2.24) is 20.8 Å². The largest absolute Gasteiger partial charge is 0.496 e. The van der Waals surface area contributed by atoms with Crippen LogP contribution in [-0.4, -0.2) is 35.9 Å². The third kappa shape index (κ3) is 4.71.